The van der Waals surface area contributed by atoms with Gasteiger partial charge in [0.2, 0.25) is 5.95 Å². The Balaban J connectivity index is 1.15. The number of carbonyl (C=O) groups is 2. The van der Waals surface area contributed by atoms with Gasteiger partial charge in [0.15, 0.2) is 0 Å². The number of aryl methyl sites for hydroxylation is 1. The second-order valence-corrected chi connectivity index (χ2v) is 10.8. The van der Waals surface area contributed by atoms with Crippen molar-refractivity contribution in [3.05, 3.63) is 70.5 Å². The lowest BCUT2D eigenvalue weighted by atomic mass is 9.97. The van der Waals surface area contributed by atoms with Crippen LogP contribution in [-0.4, -0.2) is 52.1 Å². The number of benzene rings is 1. The molecule has 9 nitrogen and oxygen atoms in total. The molecule has 3 aromatic rings. The molecular formula is C28H27F3N6O3S. The Morgan fingerprint density at radius 2 is 1.93 bits per heavy atom. The van der Waals surface area contributed by atoms with Crippen molar-refractivity contribution in [1.29, 1.82) is 0 Å². The number of rotatable bonds is 8. The number of pyridine rings is 1. The number of aromatic nitrogens is 3. The Morgan fingerprint density at radius 3 is 2.66 bits per heavy atom. The van der Waals surface area contributed by atoms with E-state index in [1.807, 2.05) is 13.0 Å². The minimum atomic E-state index is -4.79. The first-order valence-corrected chi connectivity index (χ1v) is 13.8. The first kappa shape index (κ1) is 28.6. The molecule has 2 fully saturated rings. The number of imide groups is 1. The Morgan fingerprint density at radius 1 is 1.15 bits per heavy atom. The van der Waals surface area contributed by atoms with Crippen LogP contribution in [-0.2, 0) is 11.3 Å². The summed E-state index contributed by atoms with van der Waals surface area (Å²) in [6.07, 6.45) is 0.269. The SMILES string of the molecule is Cc1cc(CNCC2CCN(c3nccc(C=C4SC(=O)NC4=O)n3)CC2)nc(-c2ccccc2OC(F)(F)F)c1. The average molecular weight is 585 g/mol. The van der Waals surface area contributed by atoms with Gasteiger partial charge in [-0.05, 0) is 86.0 Å². The van der Waals surface area contributed by atoms with Crippen LogP contribution < -0.4 is 20.3 Å². The highest BCUT2D eigenvalue weighted by Crippen LogP contribution is 2.33. The molecule has 0 bridgehead atoms. The number of thioether (sulfide) groups is 1. The number of amides is 2. The number of alkyl halides is 3. The zero-order chi connectivity index (χ0) is 29.0. The standard InChI is InChI=1S/C28H27F3N6O3S/c1-17-12-20(34-22(13-17)21-4-2-3-5-23(21)40-28(29,30)31)16-32-15-18-7-10-37(11-8-18)26-33-9-6-19(35-26)14-24-25(38)36-27(39)41-24/h2-6,9,12-14,18,32H,7-8,10-11,15-16H2,1H3,(H,36,38,39). The summed E-state index contributed by atoms with van der Waals surface area (Å²) >= 11 is 0.848. The van der Waals surface area contributed by atoms with E-state index in [1.54, 1.807) is 36.5 Å². The summed E-state index contributed by atoms with van der Waals surface area (Å²) in [7, 11) is 0. The molecule has 13 heteroatoms. The van der Waals surface area contributed by atoms with Crippen molar-refractivity contribution in [2.75, 3.05) is 24.5 Å². The molecule has 0 aliphatic carbocycles. The second-order valence-electron chi connectivity index (χ2n) is 9.76. The fourth-order valence-electron chi connectivity index (χ4n) is 4.75. The van der Waals surface area contributed by atoms with Crippen LogP contribution in [0.5, 0.6) is 5.75 Å². The lowest BCUT2D eigenvalue weighted by Crippen LogP contribution is -2.38. The molecule has 2 aromatic heterocycles. The van der Waals surface area contributed by atoms with Gasteiger partial charge in [-0.3, -0.25) is 19.9 Å². The summed E-state index contributed by atoms with van der Waals surface area (Å²) in [5.74, 6) is 0.289. The molecule has 2 aliphatic heterocycles. The first-order chi connectivity index (χ1) is 19.6. The van der Waals surface area contributed by atoms with E-state index in [0.29, 0.717) is 34.7 Å². The third kappa shape index (κ3) is 7.61. The predicted octanol–water partition coefficient (Wildman–Crippen LogP) is 5.08. The number of para-hydroxylation sites is 1. The Bertz CT molecular complexity index is 1470. The summed E-state index contributed by atoms with van der Waals surface area (Å²) < 4.78 is 42.9. The molecular weight excluding hydrogens is 557 g/mol. The number of hydrogen-bond acceptors (Lipinski definition) is 9. The second kappa shape index (κ2) is 12.3. The maximum Gasteiger partial charge on any atom is 0.573 e. The quantitative estimate of drug-likeness (QED) is 0.351. The molecule has 41 heavy (non-hydrogen) atoms. The summed E-state index contributed by atoms with van der Waals surface area (Å²) in [6, 6.07) is 11.3. The van der Waals surface area contributed by atoms with Gasteiger partial charge >= 0.3 is 6.36 Å². The molecule has 2 aliphatic rings. The van der Waals surface area contributed by atoms with Gasteiger partial charge < -0.3 is 15.0 Å². The van der Waals surface area contributed by atoms with Crippen LogP contribution >= 0.6 is 11.8 Å². The number of nitrogens with zero attached hydrogens (tertiary/aromatic N) is 4. The number of halogens is 3. The zero-order valence-corrected chi connectivity index (χ0v) is 22.9. The van der Waals surface area contributed by atoms with Crippen LogP contribution in [0, 0.1) is 12.8 Å². The van der Waals surface area contributed by atoms with Gasteiger partial charge in [0.05, 0.1) is 22.0 Å². The normalized spacial score (nSPS) is 17.3. The van der Waals surface area contributed by atoms with Crippen LogP contribution in [0.2, 0.25) is 0 Å². The largest absolute Gasteiger partial charge is 0.573 e. The van der Waals surface area contributed by atoms with E-state index in [4.69, 9.17) is 0 Å². The topological polar surface area (TPSA) is 109 Å². The van der Waals surface area contributed by atoms with Crippen molar-refractivity contribution in [3.8, 4) is 17.0 Å². The van der Waals surface area contributed by atoms with Crippen molar-refractivity contribution in [2.24, 2.45) is 5.92 Å². The van der Waals surface area contributed by atoms with Crippen molar-refractivity contribution in [1.82, 2.24) is 25.6 Å². The van der Waals surface area contributed by atoms with E-state index in [0.717, 1.165) is 55.5 Å². The minimum Gasteiger partial charge on any atom is -0.405 e. The first-order valence-electron chi connectivity index (χ1n) is 13.0. The maximum absolute atomic E-state index is 12.9. The smallest absolute Gasteiger partial charge is 0.405 e. The zero-order valence-electron chi connectivity index (χ0n) is 22.1. The van der Waals surface area contributed by atoms with Crippen molar-refractivity contribution >= 4 is 34.9 Å². The molecule has 0 spiro atoms. The molecule has 0 saturated carbocycles. The lowest BCUT2D eigenvalue weighted by molar-refractivity contribution is -0.274. The fraction of sp³-hybridized carbons (Fsp3) is 0.321. The third-order valence-electron chi connectivity index (χ3n) is 6.63. The highest BCUT2D eigenvalue weighted by molar-refractivity contribution is 8.18. The molecule has 1 aromatic carbocycles. The van der Waals surface area contributed by atoms with Crippen molar-refractivity contribution in [2.45, 2.75) is 32.7 Å². The minimum absolute atomic E-state index is 0.281. The van der Waals surface area contributed by atoms with Crippen molar-refractivity contribution < 1.29 is 27.5 Å². The van der Waals surface area contributed by atoms with Crippen LogP contribution in [0.25, 0.3) is 17.3 Å². The van der Waals surface area contributed by atoms with Gasteiger partial charge in [0.25, 0.3) is 11.1 Å². The number of nitrogens with one attached hydrogen (secondary N) is 2. The number of piperidine rings is 1. The van der Waals surface area contributed by atoms with Gasteiger partial charge in [-0.25, -0.2) is 9.97 Å². The van der Waals surface area contributed by atoms with E-state index < -0.39 is 17.5 Å². The molecule has 2 amide bonds. The molecule has 2 N–H and O–H groups in total. The Kier molecular flexibility index (Phi) is 8.54. The number of ether oxygens (including phenoxy) is 1. The van der Waals surface area contributed by atoms with Crippen LogP contribution in [0.1, 0.15) is 29.8 Å². The van der Waals surface area contributed by atoms with Crippen molar-refractivity contribution in [3.63, 3.8) is 0 Å². The molecule has 5 rings (SSSR count). The van der Waals surface area contributed by atoms with Gasteiger partial charge in [-0.1, -0.05) is 12.1 Å². The predicted molar refractivity (Wildman–Crippen MR) is 149 cm³/mol. The Labute approximate surface area is 238 Å². The molecule has 4 heterocycles. The van der Waals surface area contributed by atoms with Gasteiger partial charge in [-0.15, -0.1) is 13.2 Å². The van der Waals surface area contributed by atoms with Gasteiger partial charge in [0.1, 0.15) is 5.75 Å². The third-order valence-corrected chi connectivity index (χ3v) is 7.44. The molecule has 0 radical (unpaired) electrons. The van der Waals surface area contributed by atoms with E-state index >= 15 is 0 Å². The number of carbonyl (C=O) groups excluding carboxylic acids is 2. The van der Waals surface area contributed by atoms with E-state index in [1.165, 1.54) is 12.1 Å². The summed E-state index contributed by atoms with van der Waals surface area (Å²) in [5.41, 5.74) is 2.88. The van der Waals surface area contributed by atoms with Crippen LogP contribution in [0.15, 0.2) is 53.6 Å². The molecule has 0 unspecified atom stereocenters. The lowest BCUT2D eigenvalue weighted by Gasteiger charge is -2.32. The van der Waals surface area contributed by atoms with Crippen LogP contribution in [0.4, 0.5) is 23.9 Å². The van der Waals surface area contributed by atoms with Gasteiger partial charge in [-0.2, -0.15) is 0 Å². The molecule has 214 valence electrons. The number of anilines is 1. The summed E-state index contributed by atoms with van der Waals surface area (Å²) in [5, 5.41) is 5.28. The fourth-order valence-corrected chi connectivity index (χ4v) is 5.42. The van der Waals surface area contributed by atoms with E-state index in [9.17, 15) is 22.8 Å². The summed E-state index contributed by atoms with van der Waals surface area (Å²) in [4.78, 5) is 39.2. The highest BCUT2D eigenvalue weighted by atomic mass is 32.2. The Hall–Kier alpha value is -3.97. The molecule has 2 saturated heterocycles. The average Bonchev–Trinajstić information content (AvgIpc) is 3.24. The molecule has 0 atom stereocenters. The number of hydrogen-bond donors (Lipinski definition) is 2. The summed E-state index contributed by atoms with van der Waals surface area (Å²) in [6.45, 7) is 4.66. The monoisotopic (exact) mass is 584 g/mol. The maximum atomic E-state index is 12.9. The van der Waals surface area contributed by atoms with E-state index in [2.05, 4.69) is 35.2 Å². The van der Waals surface area contributed by atoms with Gasteiger partial charge in [0, 0.05) is 31.4 Å². The van der Waals surface area contributed by atoms with E-state index in [-0.39, 0.29) is 11.3 Å². The van der Waals surface area contributed by atoms with Crippen LogP contribution in [0.3, 0.4) is 0 Å². The highest BCUT2D eigenvalue weighted by Gasteiger charge is 2.32.